The molecular formula is C38H60O13. The molecule has 8 aliphatic rings. The van der Waals surface area contributed by atoms with Crippen molar-refractivity contribution in [2.75, 3.05) is 19.8 Å². The predicted molar refractivity (Wildman–Crippen MR) is 178 cm³/mol. The second-order valence-corrected chi connectivity index (χ2v) is 18.0. The quantitative estimate of drug-likeness (QED) is 0.200. The summed E-state index contributed by atoms with van der Waals surface area (Å²) < 4.78 is 36.6. The number of allylic oxidation sites excluding steroid dienone is 1. The van der Waals surface area contributed by atoms with Crippen LogP contribution in [0.1, 0.15) is 85.5 Å². The molecule has 0 aromatic heterocycles. The molecule has 7 N–H and O–H groups in total. The first-order valence-corrected chi connectivity index (χ1v) is 19.5. The third kappa shape index (κ3) is 5.58. The second-order valence-electron chi connectivity index (χ2n) is 18.0. The third-order valence-corrected chi connectivity index (χ3v) is 15.4. The highest BCUT2D eigenvalue weighted by molar-refractivity contribution is 5.29. The lowest BCUT2D eigenvalue weighted by Gasteiger charge is -2.62. The zero-order valence-electron chi connectivity index (χ0n) is 30.4. The van der Waals surface area contributed by atoms with Crippen LogP contribution in [0.3, 0.4) is 0 Å². The van der Waals surface area contributed by atoms with E-state index in [9.17, 15) is 35.7 Å². The van der Waals surface area contributed by atoms with Crippen LogP contribution in [0.5, 0.6) is 0 Å². The van der Waals surface area contributed by atoms with Crippen LogP contribution in [0.25, 0.3) is 0 Å². The summed E-state index contributed by atoms with van der Waals surface area (Å²) in [6.45, 7) is 9.05. The lowest BCUT2D eigenvalue weighted by atomic mass is 9.45. The van der Waals surface area contributed by atoms with Crippen LogP contribution in [0, 0.1) is 40.4 Å². The van der Waals surface area contributed by atoms with E-state index in [1.54, 1.807) is 0 Å². The molecule has 1 spiro atoms. The SMILES string of the molecule is CC1CCC2(OC1)OC1CC3(O)C4CC=C5CC(OC6OC(CO)C(OC7OCC(O)C(O)C7O)C(O)C6O)CCC5(C)C4CCC3(C)C1C2C. The zero-order chi connectivity index (χ0) is 36.2. The molecule has 20 unspecified atom stereocenters. The fourth-order valence-electron chi connectivity index (χ4n) is 12.3. The van der Waals surface area contributed by atoms with E-state index in [0.29, 0.717) is 31.1 Å². The van der Waals surface area contributed by atoms with Crippen molar-refractivity contribution in [1.82, 2.24) is 0 Å². The summed E-state index contributed by atoms with van der Waals surface area (Å²) in [5, 5.41) is 75.2. The molecule has 0 aromatic rings. The Bertz CT molecular complexity index is 1320. The molecule has 20 atom stereocenters. The molecule has 3 saturated carbocycles. The number of aliphatic hydroxyl groups is 7. The number of aliphatic hydroxyl groups excluding tert-OH is 6. The summed E-state index contributed by atoms with van der Waals surface area (Å²) >= 11 is 0. The van der Waals surface area contributed by atoms with Crippen molar-refractivity contribution in [1.29, 1.82) is 0 Å². The number of ether oxygens (including phenoxy) is 6. The van der Waals surface area contributed by atoms with E-state index in [2.05, 4.69) is 33.8 Å². The molecule has 7 fully saturated rings. The molecule has 13 heteroatoms. The molecule has 0 radical (unpaired) electrons. The molecule has 8 rings (SSSR count). The maximum atomic E-state index is 12.8. The number of hydrogen-bond acceptors (Lipinski definition) is 13. The Labute approximate surface area is 300 Å². The topological polar surface area (TPSA) is 197 Å². The zero-order valence-corrected chi connectivity index (χ0v) is 30.4. The summed E-state index contributed by atoms with van der Waals surface area (Å²) in [6, 6.07) is 0. The molecule has 0 amide bonds. The fraction of sp³-hybridized carbons (Fsp3) is 0.947. The Morgan fingerprint density at radius 3 is 2.35 bits per heavy atom. The van der Waals surface area contributed by atoms with Crippen molar-refractivity contribution < 1.29 is 64.2 Å². The Morgan fingerprint density at radius 1 is 0.863 bits per heavy atom. The first kappa shape index (κ1) is 37.2. The van der Waals surface area contributed by atoms with E-state index in [1.807, 2.05) is 0 Å². The van der Waals surface area contributed by atoms with Gasteiger partial charge >= 0.3 is 0 Å². The van der Waals surface area contributed by atoms with E-state index < -0.39 is 73.3 Å². The van der Waals surface area contributed by atoms with Crippen molar-refractivity contribution in [3.05, 3.63) is 11.6 Å². The van der Waals surface area contributed by atoms with E-state index >= 15 is 0 Å². The normalized spacial score (nSPS) is 58.4. The van der Waals surface area contributed by atoms with Gasteiger partial charge in [-0.1, -0.05) is 39.3 Å². The average Bonchev–Trinajstić information content (AvgIpc) is 3.50. The summed E-state index contributed by atoms with van der Waals surface area (Å²) in [6.07, 6.45) is -2.92. The molecule has 4 aliphatic carbocycles. The summed E-state index contributed by atoms with van der Waals surface area (Å²) in [4.78, 5) is 0. The van der Waals surface area contributed by atoms with Gasteiger partial charge in [0.05, 0.1) is 37.6 Å². The maximum Gasteiger partial charge on any atom is 0.186 e. The highest BCUT2D eigenvalue weighted by Gasteiger charge is 2.74. The lowest BCUT2D eigenvalue weighted by Crippen LogP contribution is -2.63. The third-order valence-electron chi connectivity index (χ3n) is 15.4. The average molecular weight is 725 g/mol. The molecular weight excluding hydrogens is 664 g/mol. The van der Waals surface area contributed by atoms with Gasteiger partial charge in [-0.15, -0.1) is 0 Å². The van der Waals surface area contributed by atoms with Gasteiger partial charge < -0.3 is 64.2 Å². The van der Waals surface area contributed by atoms with Crippen LogP contribution in [0.4, 0.5) is 0 Å². The summed E-state index contributed by atoms with van der Waals surface area (Å²) in [5.74, 6) is 0.943. The standard InChI is InChI=1S/C38H60O13/c1-18-7-12-38(47-16-18)19(2)27-25(51-38)14-37(45)23-6-5-20-13-21(8-10-35(20,3)22(23)9-11-36(27,37)4)48-34-31(44)29(42)32(26(15-39)49-34)50-33-30(43)28(41)24(40)17-46-33/h5,18-19,21-34,39-45H,6-17H2,1-4H3. The molecule has 4 saturated heterocycles. The molecule has 13 nitrogen and oxygen atoms in total. The van der Waals surface area contributed by atoms with Crippen molar-refractivity contribution in [3.8, 4) is 0 Å². The molecule has 51 heavy (non-hydrogen) atoms. The molecule has 0 aromatic carbocycles. The number of rotatable bonds is 5. The van der Waals surface area contributed by atoms with Gasteiger partial charge in [0.25, 0.3) is 0 Å². The van der Waals surface area contributed by atoms with Gasteiger partial charge in [0, 0.05) is 30.1 Å². The van der Waals surface area contributed by atoms with Gasteiger partial charge in [-0.05, 0) is 68.1 Å². The summed E-state index contributed by atoms with van der Waals surface area (Å²) in [7, 11) is 0. The smallest absolute Gasteiger partial charge is 0.186 e. The van der Waals surface area contributed by atoms with Crippen molar-refractivity contribution in [2.45, 2.75) is 164 Å². The summed E-state index contributed by atoms with van der Waals surface area (Å²) in [5.41, 5.74) is 0.115. The van der Waals surface area contributed by atoms with Crippen molar-refractivity contribution in [2.24, 2.45) is 40.4 Å². The lowest BCUT2D eigenvalue weighted by molar-refractivity contribution is -0.353. The number of fused-ring (bicyclic) bond motifs is 7. The Morgan fingerprint density at radius 2 is 1.63 bits per heavy atom. The maximum absolute atomic E-state index is 12.8. The van der Waals surface area contributed by atoms with Crippen molar-refractivity contribution in [3.63, 3.8) is 0 Å². The minimum absolute atomic E-state index is 0.00533. The van der Waals surface area contributed by atoms with Crippen LogP contribution in [0.15, 0.2) is 11.6 Å². The van der Waals surface area contributed by atoms with E-state index in [0.717, 1.165) is 45.1 Å². The van der Waals surface area contributed by atoms with Gasteiger partial charge in [0.2, 0.25) is 0 Å². The van der Waals surface area contributed by atoms with E-state index in [4.69, 9.17) is 28.4 Å². The largest absolute Gasteiger partial charge is 0.394 e. The van der Waals surface area contributed by atoms with Crippen LogP contribution >= 0.6 is 0 Å². The molecule has 4 heterocycles. The van der Waals surface area contributed by atoms with Gasteiger partial charge in [-0.3, -0.25) is 0 Å². The monoisotopic (exact) mass is 724 g/mol. The van der Waals surface area contributed by atoms with Crippen LogP contribution < -0.4 is 0 Å². The van der Waals surface area contributed by atoms with Crippen LogP contribution in [-0.2, 0) is 28.4 Å². The first-order chi connectivity index (χ1) is 24.2. The Hall–Kier alpha value is -0.780. The molecule has 4 aliphatic heterocycles. The van der Waals surface area contributed by atoms with Crippen molar-refractivity contribution >= 4 is 0 Å². The first-order valence-electron chi connectivity index (χ1n) is 19.5. The number of hydrogen-bond donors (Lipinski definition) is 7. The van der Waals surface area contributed by atoms with Gasteiger partial charge in [-0.2, -0.15) is 0 Å². The highest BCUT2D eigenvalue weighted by Crippen LogP contribution is 2.72. The van der Waals surface area contributed by atoms with Crippen LogP contribution in [-0.4, -0.2) is 134 Å². The molecule has 0 bridgehead atoms. The predicted octanol–water partition coefficient (Wildman–Crippen LogP) is 1.12. The van der Waals surface area contributed by atoms with E-state index in [-0.39, 0.29) is 47.4 Å². The van der Waals surface area contributed by atoms with Gasteiger partial charge in [0.1, 0.15) is 42.7 Å². The van der Waals surface area contributed by atoms with E-state index in [1.165, 1.54) is 5.57 Å². The molecule has 290 valence electrons. The second kappa shape index (κ2) is 13.2. The van der Waals surface area contributed by atoms with Gasteiger partial charge in [0.15, 0.2) is 18.4 Å². The minimum Gasteiger partial charge on any atom is -0.394 e. The van der Waals surface area contributed by atoms with Crippen LogP contribution in [0.2, 0.25) is 0 Å². The minimum atomic E-state index is -1.61. The fourth-order valence-corrected chi connectivity index (χ4v) is 12.3. The Balaban J connectivity index is 0.933. The highest BCUT2D eigenvalue weighted by atomic mass is 16.7. The van der Waals surface area contributed by atoms with Gasteiger partial charge in [-0.25, -0.2) is 0 Å². The Kier molecular flexibility index (Phi) is 9.60.